The van der Waals surface area contributed by atoms with Gasteiger partial charge in [-0.25, -0.2) is 4.79 Å². The first kappa shape index (κ1) is 17.4. The van der Waals surface area contributed by atoms with Crippen LogP contribution in [0.4, 0.5) is 0 Å². The lowest BCUT2D eigenvalue weighted by Crippen LogP contribution is -2.17. The number of hydrogen-bond donors (Lipinski definition) is 0. The lowest BCUT2D eigenvalue weighted by atomic mass is 10.1. The van der Waals surface area contributed by atoms with Gasteiger partial charge in [0, 0.05) is 0 Å². The van der Waals surface area contributed by atoms with E-state index >= 15 is 0 Å². The van der Waals surface area contributed by atoms with Gasteiger partial charge in [0.05, 0.1) is 17.5 Å². The molecule has 4 heteroatoms. The molecule has 0 spiro atoms. The highest BCUT2D eigenvalue weighted by atomic mass is 79.9. The molecule has 0 N–H and O–H groups in total. The van der Waals surface area contributed by atoms with Crippen LogP contribution in [0.1, 0.15) is 52.4 Å². The molecule has 0 saturated heterocycles. The van der Waals surface area contributed by atoms with Crippen LogP contribution in [0, 0.1) is 0 Å². The van der Waals surface area contributed by atoms with Gasteiger partial charge >= 0.3 is 5.97 Å². The Kier molecular flexibility index (Phi) is 11.0. The van der Waals surface area contributed by atoms with Crippen LogP contribution in [-0.4, -0.2) is 23.7 Å². The van der Waals surface area contributed by atoms with Crippen molar-refractivity contribution in [3.63, 3.8) is 0 Å². The predicted octanol–water partition coefficient (Wildman–Crippen LogP) is 3.80. The van der Waals surface area contributed by atoms with E-state index in [2.05, 4.69) is 29.8 Å². The summed E-state index contributed by atoms with van der Waals surface area (Å²) in [6, 6.07) is 0. The zero-order valence-corrected chi connectivity index (χ0v) is 12.9. The normalized spacial score (nSPS) is 11.4. The summed E-state index contributed by atoms with van der Waals surface area (Å²) in [5, 5.41) is 0.162. The number of ether oxygens (including phenoxy) is 1. The smallest absolute Gasteiger partial charge is 0.341 e. The van der Waals surface area contributed by atoms with Crippen molar-refractivity contribution in [2.75, 3.05) is 11.9 Å². The second-order valence-corrected chi connectivity index (χ2v) is 4.72. The number of rotatable bonds is 10. The summed E-state index contributed by atoms with van der Waals surface area (Å²) in [6.07, 6.45) is 7.43. The lowest BCUT2D eigenvalue weighted by molar-refractivity contribution is -0.140. The molecule has 18 heavy (non-hydrogen) atoms. The number of esters is 1. The van der Waals surface area contributed by atoms with Crippen LogP contribution < -0.4 is 0 Å². The van der Waals surface area contributed by atoms with E-state index in [0.717, 1.165) is 38.5 Å². The standard InChI is InChI=1S/C14H23BrO3/c1-3-5-7-9-12(13(16)11-15)14(17)18-10-8-6-4-2/h9H,3-8,10-11H2,1-2H3/b12-9+. The van der Waals surface area contributed by atoms with Gasteiger partial charge in [-0.15, -0.1) is 0 Å². The number of allylic oxidation sites excluding steroid dienone is 1. The minimum atomic E-state index is -0.480. The molecule has 0 fully saturated rings. The van der Waals surface area contributed by atoms with Crippen LogP contribution >= 0.6 is 15.9 Å². The van der Waals surface area contributed by atoms with Gasteiger partial charge in [0.15, 0.2) is 5.78 Å². The van der Waals surface area contributed by atoms with Crippen molar-refractivity contribution >= 4 is 27.7 Å². The highest BCUT2D eigenvalue weighted by Gasteiger charge is 2.17. The number of carbonyl (C=O) groups is 2. The van der Waals surface area contributed by atoms with Crippen molar-refractivity contribution in [2.45, 2.75) is 52.4 Å². The molecule has 0 bridgehead atoms. The van der Waals surface area contributed by atoms with Gasteiger partial charge in [-0.3, -0.25) is 4.79 Å². The van der Waals surface area contributed by atoms with Crippen LogP contribution in [0.25, 0.3) is 0 Å². The van der Waals surface area contributed by atoms with Gasteiger partial charge < -0.3 is 4.74 Å². The summed E-state index contributed by atoms with van der Waals surface area (Å²) in [5.74, 6) is -0.682. The largest absolute Gasteiger partial charge is 0.462 e. The second-order valence-electron chi connectivity index (χ2n) is 4.16. The number of alkyl halides is 1. The van der Waals surface area contributed by atoms with Crippen molar-refractivity contribution in [3.8, 4) is 0 Å². The highest BCUT2D eigenvalue weighted by molar-refractivity contribution is 9.09. The fourth-order valence-corrected chi connectivity index (χ4v) is 1.73. The van der Waals surface area contributed by atoms with Crippen molar-refractivity contribution in [2.24, 2.45) is 0 Å². The summed E-state index contributed by atoms with van der Waals surface area (Å²) < 4.78 is 5.11. The first-order valence-electron chi connectivity index (χ1n) is 6.63. The second kappa shape index (κ2) is 11.5. The Hall–Kier alpha value is -0.640. The minimum absolute atomic E-state index is 0.162. The van der Waals surface area contributed by atoms with E-state index in [1.54, 1.807) is 6.08 Å². The molecule has 3 nitrogen and oxygen atoms in total. The molecule has 0 aromatic heterocycles. The summed E-state index contributed by atoms with van der Waals surface area (Å²) in [5.41, 5.74) is 0.192. The Balaban J connectivity index is 4.32. The molecule has 0 atom stereocenters. The third-order valence-corrected chi connectivity index (χ3v) is 3.04. The van der Waals surface area contributed by atoms with Gasteiger partial charge in [0.2, 0.25) is 0 Å². The SMILES string of the molecule is CCCC/C=C(\C(=O)CBr)C(=O)OCCCCC. The van der Waals surface area contributed by atoms with E-state index in [1.165, 1.54) is 0 Å². The molecule has 0 aliphatic carbocycles. The van der Waals surface area contributed by atoms with Crippen molar-refractivity contribution in [3.05, 3.63) is 11.6 Å². The fourth-order valence-electron chi connectivity index (χ4n) is 1.43. The molecule has 0 aromatic rings. The summed E-state index contributed by atoms with van der Waals surface area (Å²) in [4.78, 5) is 23.4. The summed E-state index contributed by atoms with van der Waals surface area (Å²) >= 11 is 3.09. The maximum Gasteiger partial charge on any atom is 0.341 e. The van der Waals surface area contributed by atoms with Crippen molar-refractivity contribution in [1.29, 1.82) is 0 Å². The van der Waals surface area contributed by atoms with Gasteiger partial charge in [-0.05, 0) is 12.8 Å². The molecule has 0 saturated carbocycles. The monoisotopic (exact) mass is 318 g/mol. The van der Waals surface area contributed by atoms with E-state index in [9.17, 15) is 9.59 Å². The van der Waals surface area contributed by atoms with Crippen LogP contribution in [0.5, 0.6) is 0 Å². The van der Waals surface area contributed by atoms with Gasteiger partial charge in [0.1, 0.15) is 0 Å². The summed E-state index contributed by atoms with van der Waals surface area (Å²) in [7, 11) is 0. The minimum Gasteiger partial charge on any atom is -0.462 e. The first-order chi connectivity index (χ1) is 8.67. The molecule has 0 unspecified atom stereocenters. The number of ketones is 1. The summed E-state index contributed by atoms with van der Waals surface area (Å²) in [6.45, 7) is 4.56. The van der Waals surface area contributed by atoms with E-state index in [1.807, 2.05) is 0 Å². The van der Waals surface area contributed by atoms with E-state index in [4.69, 9.17) is 4.74 Å². The molecule has 0 aliphatic heterocycles. The number of carbonyl (C=O) groups excluding carboxylic acids is 2. The Bertz CT molecular complexity index is 285. The van der Waals surface area contributed by atoms with E-state index in [0.29, 0.717) is 6.61 Å². The Morgan fingerprint density at radius 2 is 1.78 bits per heavy atom. The molecular weight excluding hydrogens is 296 g/mol. The Morgan fingerprint density at radius 1 is 1.11 bits per heavy atom. The average Bonchev–Trinajstić information content (AvgIpc) is 2.38. The van der Waals surface area contributed by atoms with Gasteiger partial charge in [-0.1, -0.05) is 61.5 Å². The van der Waals surface area contributed by atoms with Crippen LogP contribution in [0.3, 0.4) is 0 Å². The van der Waals surface area contributed by atoms with Crippen molar-refractivity contribution in [1.82, 2.24) is 0 Å². The fraction of sp³-hybridized carbons (Fsp3) is 0.714. The third-order valence-electron chi connectivity index (χ3n) is 2.53. The third kappa shape index (κ3) is 7.64. The Morgan fingerprint density at radius 3 is 2.33 bits per heavy atom. The maximum absolute atomic E-state index is 11.8. The van der Waals surface area contributed by atoms with Crippen LogP contribution in [0.2, 0.25) is 0 Å². The highest BCUT2D eigenvalue weighted by Crippen LogP contribution is 2.08. The quantitative estimate of drug-likeness (QED) is 0.154. The molecule has 0 aromatic carbocycles. The number of Topliss-reactive ketones (excluding diaryl/α,β-unsaturated/α-hetero) is 1. The Labute approximate surface area is 118 Å². The van der Waals surface area contributed by atoms with Crippen LogP contribution in [0.15, 0.2) is 11.6 Å². The van der Waals surface area contributed by atoms with E-state index in [-0.39, 0.29) is 16.7 Å². The van der Waals surface area contributed by atoms with Crippen LogP contribution in [-0.2, 0) is 14.3 Å². The van der Waals surface area contributed by atoms with E-state index < -0.39 is 5.97 Å². The van der Waals surface area contributed by atoms with Gasteiger partial charge in [0.25, 0.3) is 0 Å². The van der Waals surface area contributed by atoms with Gasteiger partial charge in [-0.2, -0.15) is 0 Å². The number of hydrogen-bond acceptors (Lipinski definition) is 3. The molecule has 0 radical (unpaired) electrons. The average molecular weight is 319 g/mol. The topological polar surface area (TPSA) is 43.4 Å². The molecule has 0 aliphatic rings. The first-order valence-corrected chi connectivity index (χ1v) is 7.75. The zero-order valence-electron chi connectivity index (χ0n) is 11.3. The lowest BCUT2D eigenvalue weighted by Gasteiger charge is -2.06. The molecule has 104 valence electrons. The maximum atomic E-state index is 11.8. The molecule has 0 rings (SSSR count). The molecular formula is C14H23BrO3. The van der Waals surface area contributed by atoms with Crippen molar-refractivity contribution < 1.29 is 14.3 Å². The molecule has 0 heterocycles. The molecule has 0 amide bonds. The zero-order chi connectivity index (χ0) is 13.8. The number of unbranched alkanes of at least 4 members (excludes halogenated alkanes) is 4. The predicted molar refractivity (Wildman–Crippen MR) is 76.9 cm³/mol. The number of halogens is 1.